The lowest BCUT2D eigenvalue weighted by Gasteiger charge is -2.15. The molecule has 8 nitrogen and oxygen atoms in total. The van der Waals surface area contributed by atoms with Gasteiger partial charge in [-0.25, -0.2) is 0 Å². The van der Waals surface area contributed by atoms with E-state index in [4.69, 9.17) is 14.2 Å². The van der Waals surface area contributed by atoms with Crippen LogP contribution in [0.2, 0.25) is 0 Å². The number of carbonyl (C=O) groups excluding carboxylic acids is 3. The second-order valence-corrected chi connectivity index (χ2v) is 10.8. The molecule has 0 bridgehead atoms. The van der Waals surface area contributed by atoms with Crippen LogP contribution >= 0.6 is 27.7 Å². The number of halogens is 1. The summed E-state index contributed by atoms with van der Waals surface area (Å²) in [5.74, 6) is 0.790. The molecule has 3 amide bonds. The molecule has 1 N–H and O–H groups in total. The van der Waals surface area contributed by atoms with E-state index in [0.717, 1.165) is 28.6 Å². The summed E-state index contributed by atoms with van der Waals surface area (Å²) in [4.78, 5) is 39.5. The van der Waals surface area contributed by atoms with Crippen LogP contribution < -0.4 is 19.5 Å². The van der Waals surface area contributed by atoms with Gasteiger partial charge in [-0.05, 0) is 102 Å². The zero-order valence-corrected chi connectivity index (χ0v) is 24.8. The van der Waals surface area contributed by atoms with Crippen molar-refractivity contribution in [2.24, 2.45) is 0 Å². The minimum absolute atomic E-state index is 0.140. The van der Waals surface area contributed by atoms with Gasteiger partial charge >= 0.3 is 0 Å². The fourth-order valence-corrected chi connectivity index (χ4v) is 5.32. The van der Waals surface area contributed by atoms with Crippen LogP contribution in [0.3, 0.4) is 0 Å². The Morgan fingerprint density at radius 3 is 2.52 bits per heavy atom. The predicted molar refractivity (Wildman–Crippen MR) is 160 cm³/mol. The Balaban J connectivity index is 1.42. The van der Waals surface area contributed by atoms with Crippen molar-refractivity contribution in [1.82, 2.24) is 4.90 Å². The number of benzene rings is 3. The van der Waals surface area contributed by atoms with E-state index in [0.29, 0.717) is 38.7 Å². The topological polar surface area (TPSA) is 94.2 Å². The van der Waals surface area contributed by atoms with Crippen LogP contribution in [0, 0.1) is 13.8 Å². The van der Waals surface area contributed by atoms with Gasteiger partial charge in [-0.15, -0.1) is 0 Å². The van der Waals surface area contributed by atoms with Crippen molar-refractivity contribution >= 4 is 56.5 Å². The average molecular weight is 626 g/mol. The molecule has 0 aliphatic carbocycles. The fraction of sp³-hybridized carbons (Fsp3) is 0.233. The second-order valence-electron chi connectivity index (χ2n) is 8.92. The third kappa shape index (κ3) is 7.45. The molecule has 1 saturated heterocycles. The van der Waals surface area contributed by atoms with E-state index in [-0.39, 0.29) is 36.8 Å². The molecule has 208 valence electrons. The number of nitrogens with one attached hydrogen (secondary N) is 1. The highest BCUT2D eigenvalue weighted by molar-refractivity contribution is 9.10. The summed E-state index contributed by atoms with van der Waals surface area (Å²) in [5.41, 5.74) is 3.36. The van der Waals surface area contributed by atoms with Crippen molar-refractivity contribution in [1.29, 1.82) is 0 Å². The van der Waals surface area contributed by atoms with Crippen molar-refractivity contribution in [3.63, 3.8) is 0 Å². The highest BCUT2D eigenvalue weighted by Crippen LogP contribution is 2.39. The maximum Gasteiger partial charge on any atom is 0.293 e. The van der Waals surface area contributed by atoms with Gasteiger partial charge in [0, 0.05) is 5.69 Å². The van der Waals surface area contributed by atoms with Crippen molar-refractivity contribution in [2.45, 2.75) is 20.8 Å². The molecule has 1 heterocycles. The largest absolute Gasteiger partial charge is 0.491 e. The molecule has 40 heavy (non-hydrogen) atoms. The molecule has 4 rings (SSSR count). The lowest BCUT2D eigenvalue weighted by atomic mass is 10.1. The normalized spacial score (nSPS) is 14.0. The summed E-state index contributed by atoms with van der Waals surface area (Å²) in [6.45, 7) is 6.22. The average Bonchev–Trinajstić information content (AvgIpc) is 3.18. The van der Waals surface area contributed by atoms with Crippen LogP contribution in [0.15, 0.2) is 70.0 Å². The molecule has 0 spiro atoms. The lowest BCUT2D eigenvalue weighted by molar-refractivity contribution is -0.123. The predicted octanol–water partition coefficient (Wildman–Crippen LogP) is 6.60. The highest BCUT2D eigenvalue weighted by Gasteiger charge is 2.35. The maximum absolute atomic E-state index is 13.0. The van der Waals surface area contributed by atoms with Gasteiger partial charge in [0.05, 0.1) is 22.5 Å². The third-order valence-electron chi connectivity index (χ3n) is 5.82. The molecule has 0 radical (unpaired) electrons. The zero-order chi connectivity index (χ0) is 28.6. The van der Waals surface area contributed by atoms with Gasteiger partial charge in [0.1, 0.15) is 12.4 Å². The van der Waals surface area contributed by atoms with Crippen LogP contribution in [0.5, 0.6) is 17.2 Å². The van der Waals surface area contributed by atoms with Crippen LogP contribution in [-0.2, 0) is 9.59 Å². The Kier molecular flexibility index (Phi) is 9.89. The van der Waals surface area contributed by atoms with E-state index < -0.39 is 0 Å². The first-order valence-corrected chi connectivity index (χ1v) is 14.3. The number of thioether (sulfide) groups is 1. The number of hydrogen-bond acceptors (Lipinski definition) is 7. The Hall–Kier alpha value is -3.76. The lowest BCUT2D eigenvalue weighted by Crippen LogP contribution is -2.32. The van der Waals surface area contributed by atoms with Crippen LogP contribution in [0.1, 0.15) is 23.6 Å². The van der Waals surface area contributed by atoms with E-state index in [9.17, 15) is 14.4 Å². The van der Waals surface area contributed by atoms with Crippen LogP contribution in [0.4, 0.5) is 10.5 Å². The molecule has 10 heteroatoms. The first-order chi connectivity index (χ1) is 19.2. The van der Waals surface area contributed by atoms with Gasteiger partial charge < -0.3 is 19.5 Å². The molecule has 1 aliphatic heterocycles. The number of anilines is 1. The Morgan fingerprint density at radius 2 is 1.77 bits per heavy atom. The summed E-state index contributed by atoms with van der Waals surface area (Å²) < 4.78 is 17.9. The Bertz CT molecular complexity index is 1440. The molecule has 1 fully saturated rings. The fourth-order valence-electron chi connectivity index (χ4n) is 3.88. The van der Waals surface area contributed by atoms with Crippen molar-refractivity contribution < 1.29 is 28.6 Å². The van der Waals surface area contributed by atoms with Crippen molar-refractivity contribution in [3.05, 3.63) is 86.7 Å². The number of aryl methyl sites for hydroxylation is 2. The summed E-state index contributed by atoms with van der Waals surface area (Å²) in [7, 11) is 0. The summed E-state index contributed by atoms with van der Waals surface area (Å²) >= 11 is 4.36. The number of hydrogen-bond donors (Lipinski definition) is 1. The highest BCUT2D eigenvalue weighted by atomic mass is 79.9. The zero-order valence-electron chi connectivity index (χ0n) is 22.4. The van der Waals surface area contributed by atoms with Crippen LogP contribution in [0.25, 0.3) is 6.08 Å². The molecule has 1 aliphatic rings. The standard InChI is InChI=1S/C30H29BrN2O6S/c1-4-37-25-16-21(15-23(31)28(25)39-18-27(34)32-22-8-6-5-7-9-22)17-26-29(35)33(30(36)40-26)12-13-38-24-14-19(2)10-11-20(24)3/h5-11,14-17H,4,12-13,18H2,1-3H3,(H,32,34)/b26-17-. The Labute approximate surface area is 245 Å². The molecule has 0 unspecified atom stereocenters. The maximum atomic E-state index is 13.0. The SMILES string of the molecule is CCOc1cc(/C=C2\SC(=O)N(CCOc3cc(C)ccc3C)C2=O)cc(Br)c1OCC(=O)Nc1ccccc1. The first kappa shape index (κ1) is 29.2. The monoisotopic (exact) mass is 624 g/mol. The Morgan fingerprint density at radius 1 is 1.00 bits per heavy atom. The molecule has 0 saturated carbocycles. The number of imide groups is 1. The van der Waals surface area contributed by atoms with Gasteiger partial charge in [-0.2, -0.15) is 0 Å². The van der Waals surface area contributed by atoms with Gasteiger partial charge in [-0.3, -0.25) is 19.3 Å². The second kappa shape index (κ2) is 13.5. The number of rotatable bonds is 11. The van der Waals surface area contributed by atoms with Gasteiger partial charge in [0.25, 0.3) is 17.1 Å². The third-order valence-corrected chi connectivity index (χ3v) is 7.32. The molecule has 0 aromatic heterocycles. The van der Waals surface area contributed by atoms with E-state index in [2.05, 4.69) is 21.2 Å². The van der Waals surface area contributed by atoms with Gasteiger partial charge in [0.15, 0.2) is 18.1 Å². The van der Waals surface area contributed by atoms with E-state index >= 15 is 0 Å². The van der Waals surface area contributed by atoms with Crippen molar-refractivity contribution in [2.75, 3.05) is 31.7 Å². The minimum atomic E-state index is -0.383. The minimum Gasteiger partial charge on any atom is -0.491 e. The van der Waals surface area contributed by atoms with E-state index in [1.54, 1.807) is 30.3 Å². The summed E-state index contributed by atoms with van der Waals surface area (Å²) in [6.07, 6.45) is 1.63. The number of carbonyl (C=O) groups is 3. The molecular formula is C30H29BrN2O6S. The molecule has 0 atom stereocenters. The van der Waals surface area contributed by atoms with E-state index in [1.807, 2.05) is 57.2 Å². The summed E-state index contributed by atoms with van der Waals surface area (Å²) in [6, 6.07) is 18.4. The van der Waals surface area contributed by atoms with Gasteiger partial charge in [0.2, 0.25) is 0 Å². The number of ether oxygens (including phenoxy) is 3. The van der Waals surface area contributed by atoms with Crippen molar-refractivity contribution in [3.8, 4) is 17.2 Å². The summed E-state index contributed by atoms with van der Waals surface area (Å²) in [5, 5.41) is 2.42. The molecular weight excluding hydrogens is 596 g/mol. The number of nitrogens with zero attached hydrogens (tertiary/aromatic N) is 1. The van der Waals surface area contributed by atoms with Gasteiger partial charge in [-0.1, -0.05) is 30.3 Å². The smallest absolute Gasteiger partial charge is 0.293 e. The molecule has 3 aromatic rings. The quantitative estimate of drug-likeness (QED) is 0.240. The number of para-hydroxylation sites is 1. The molecule has 3 aromatic carbocycles. The number of amides is 3. The van der Waals surface area contributed by atoms with Crippen LogP contribution in [-0.4, -0.2) is 48.3 Å². The van der Waals surface area contributed by atoms with E-state index in [1.165, 1.54) is 4.90 Å². The first-order valence-electron chi connectivity index (χ1n) is 12.6.